The van der Waals surface area contributed by atoms with Crippen molar-refractivity contribution in [1.82, 2.24) is 14.6 Å². The van der Waals surface area contributed by atoms with Crippen molar-refractivity contribution >= 4 is 5.65 Å². The van der Waals surface area contributed by atoms with E-state index in [4.69, 9.17) is 10.00 Å². The lowest BCUT2D eigenvalue weighted by atomic mass is 10.1. The van der Waals surface area contributed by atoms with Crippen molar-refractivity contribution in [3.63, 3.8) is 0 Å². The smallest absolute Gasteiger partial charge is 0.172 e. The van der Waals surface area contributed by atoms with Crippen LogP contribution in [0, 0.1) is 25.2 Å². The van der Waals surface area contributed by atoms with Gasteiger partial charge in [0, 0.05) is 18.8 Å². The molecule has 0 aliphatic carbocycles. The topological polar surface area (TPSA) is 63.2 Å². The van der Waals surface area contributed by atoms with E-state index in [1.807, 2.05) is 18.3 Å². The second-order valence-corrected chi connectivity index (χ2v) is 5.24. The zero-order chi connectivity index (χ0) is 15.5. The number of aromatic nitrogens is 3. The number of hydrogen-bond acceptors (Lipinski definition) is 4. The van der Waals surface area contributed by atoms with E-state index >= 15 is 0 Å². The average Bonchev–Trinajstić information content (AvgIpc) is 2.93. The summed E-state index contributed by atoms with van der Waals surface area (Å²) in [7, 11) is 0. The molecule has 0 bridgehead atoms. The molecule has 22 heavy (non-hydrogen) atoms. The summed E-state index contributed by atoms with van der Waals surface area (Å²) >= 11 is 0. The first-order chi connectivity index (χ1) is 10.7. The Hall–Kier alpha value is -2.87. The number of fused-ring (bicyclic) bond motifs is 1. The average molecular weight is 292 g/mol. The largest absolute Gasteiger partial charge is 0.493 e. The third-order valence-corrected chi connectivity index (χ3v) is 3.67. The fourth-order valence-electron chi connectivity index (χ4n) is 2.21. The van der Waals surface area contributed by atoms with Crippen LogP contribution in [-0.2, 0) is 6.42 Å². The molecular weight excluding hydrogens is 276 g/mol. The fourth-order valence-corrected chi connectivity index (χ4v) is 2.21. The molecule has 1 aromatic carbocycles. The Bertz CT molecular complexity index is 861. The van der Waals surface area contributed by atoms with E-state index < -0.39 is 0 Å². The number of nitrogens with zero attached hydrogens (tertiary/aromatic N) is 4. The third-order valence-electron chi connectivity index (χ3n) is 3.67. The molecule has 0 spiro atoms. The van der Waals surface area contributed by atoms with Crippen LogP contribution in [0.1, 0.15) is 22.3 Å². The van der Waals surface area contributed by atoms with Crippen LogP contribution >= 0.6 is 0 Å². The summed E-state index contributed by atoms with van der Waals surface area (Å²) in [5.41, 5.74) is 4.57. The van der Waals surface area contributed by atoms with Crippen LogP contribution in [-0.4, -0.2) is 21.2 Å². The van der Waals surface area contributed by atoms with Gasteiger partial charge in [-0.1, -0.05) is 6.07 Å². The van der Waals surface area contributed by atoms with Crippen LogP contribution in [0.3, 0.4) is 0 Å². The van der Waals surface area contributed by atoms with Gasteiger partial charge in [0.2, 0.25) is 0 Å². The Labute approximate surface area is 128 Å². The van der Waals surface area contributed by atoms with Crippen LogP contribution in [0.15, 0.2) is 36.8 Å². The van der Waals surface area contributed by atoms with Crippen molar-refractivity contribution in [2.45, 2.75) is 20.3 Å². The van der Waals surface area contributed by atoms with Gasteiger partial charge in [-0.05, 0) is 42.7 Å². The molecule has 5 heteroatoms. The SMILES string of the molecule is Cc1ccc(OCCc2cnc3c(C#N)cnn3c2)cc1C. The van der Waals surface area contributed by atoms with Crippen molar-refractivity contribution in [1.29, 1.82) is 5.26 Å². The predicted molar refractivity (Wildman–Crippen MR) is 82.8 cm³/mol. The summed E-state index contributed by atoms with van der Waals surface area (Å²) in [5, 5.41) is 13.1. The van der Waals surface area contributed by atoms with Gasteiger partial charge in [-0.3, -0.25) is 0 Å². The molecule has 0 aliphatic rings. The monoisotopic (exact) mass is 292 g/mol. The highest BCUT2D eigenvalue weighted by Gasteiger charge is 2.05. The highest BCUT2D eigenvalue weighted by molar-refractivity contribution is 5.53. The summed E-state index contributed by atoms with van der Waals surface area (Å²) in [6.45, 7) is 4.73. The van der Waals surface area contributed by atoms with Gasteiger partial charge in [0.05, 0.1) is 12.8 Å². The molecule has 3 aromatic rings. The molecule has 110 valence electrons. The fraction of sp³-hybridized carbons (Fsp3) is 0.235. The van der Waals surface area contributed by atoms with Gasteiger partial charge in [0.1, 0.15) is 17.4 Å². The van der Waals surface area contributed by atoms with E-state index in [-0.39, 0.29) is 0 Å². The number of benzene rings is 1. The molecule has 0 N–H and O–H groups in total. The molecule has 2 heterocycles. The maximum Gasteiger partial charge on any atom is 0.172 e. The van der Waals surface area contributed by atoms with Crippen molar-refractivity contribution in [3.8, 4) is 11.8 Å². The Morgan fingerprint density at radius 2 is 2.09 bits per heavy atom. The molecule has 3 rings (SSSR count). The third kappa shape index (κ3) is 2.77. The second kappa shape index (κ2) is 5.86. The molecule has 0 fully saturated rings. The normalized spacial score (nSPS) is 10.6. The standard InChI is InChI=1S/C17H16N4O/c1-12-3-4-16(7-13(12)2)22-6-5-14-9-19-17-15(8-18)10-20-21(17)11-14/h3-4,7,9-11H,5-6H2,1-2H3. The first-order valence-electron chi connectivity index (χ1n) is 7.10. The molecule has 0 aliphatic heterocycles. The minimum absolute atomic E-state index is 0.484. The van der Waals surface area contributed by atoms with Crippen LogP contribution in [0.2, 0.25) is 0 Å². The van der Waals surface area contributed by atoms with Crippen LogP contribution < -0.4 is 4.74 Å². The summed E-state index contributed by atoms with van der Waals surface area (Å²) in [5.74, 6) is 0.878. The Balaban J connectivity index is 1.66. The Morgan fingerprint density at radius 3 is 2.86 bits per heavy atom. The number of aryl methyl sites for hydroxylation is 2. The van der Waals surface area contributed by atoms with E-state index in [0.29, 0.717) is 17.8 Å². The zero-order valence-electron chi connectivity index (χ0n) is 12.6. The molecule has 0 saturated heterocycles. The Kier molecular flexibility index (Phi) is 3.75. The molecule has 0 amide bonds. The lowest BCUT2D eigenvalue weighted by Crippen LogP contribution is -2.04. The maximum atomic E-state index is 8.94. The molecule has 2 aromatic heterocycles. The summed E-state index contributed by atoms with van der Waals surface area (Å²) in [4.78, 5) is 4.29. The first kappa shape index (κ1) is 14.1. The molecule has 0 unspecified atom stereocenters. The van der Waals surface area contributed by atoms with Gasteiger partial charge >= 0.3 is 0 Å². The van der Waals surface area contributed by atoms with Gasteiger partial charge in [-0.2, -0.15) is 10.4 Å². The first-order valence-corrected chi connectivity index (χ1v) is 7.10. The van der Waals surface area contributed by atoms with Gasteiger partial charge in [0.15, 0.2) is 5.65 Å². The van der Waals surface area contributed by atoms with Crippen molar-refractivity contribution in [3.05, 3.63) is 59.0 Å². The second-order valence-electron chi connectivity index (χ2n) is 5.24. The van der Waals surface area contributed by atoms with Crippen molar-refractivity contribution in [2.24, 2.45) is 0 Å². The summed E-state index contributed by atoms with van der Waals surface area (Å²) in [6.07, 6.45) is 5.91. The summed E-state index contributed by atoms with van der Waals surface area (Å²) in [6, 6.07) is 8.16. The van der Waals surface area contributed by atoms with E-state index in [1.165, 1.54) is 17.3 Å². The number of nitriles is 1. The van der Waals surface area contributed by atoms with E-state index in [2.05, 4.69) is 36.1 Å². The van der Waals surface area contributed by atoms with Crippen LogP contribution in [0.5, 0.6) is 5.75 Å². The van der Waals surface area contributed by atoms with Gasteiger partial charge in [-0.25, -0.2) is 9.50 Å². The van der Waals surface area contributed by atoms with Gasteiger partial charge < -0.3 is 4.74 Å². The Morgan fingerprint density at radius 1 is 1.23 bits per heavy atom. The van der Waals surface area contributed by atoms with Crippen LogP contribution in [0.4, 0.5) is 0 Å². The van der Waals surface area contributed by atoms with E-state index in [0.717, 1.165) is 17.7 Å². The number of hydrogen-bond donors (Lipinski definition) is 0. The molecule has 0 atom stereocenters. The van der Waals surface area contributed by atoms with Crippen molar-refractivity contribution < 1.29 is 4.74 Å². The molecule has 0 saturated carbocycles. The van der Waals surface area contributed by atoms with Crippen LogP contribution in [0.25, 0.3) is 5.65 Å². The van der Waals surface area contributed by atoms with Crippen molar-refractivity contribution in [2.75, 3.05) is 6.61 Å². The summed E-state index contributed by atoms with van der Waals surface area (Å²) < 4.78 is 7.40. The van der Waals surface area contributed by atoms with E-state index in [1.54, 1.807) is 10.7 Å². The lowest BCUT2D eigenvalue weighted by molar-refractivity contribution is 0.321. The van der Waals surface area contributed by atoms with Gasteiger partial charge in [0.25, 0.3) is 0 Å². The highest BCUT2D eigenvalue weighted by atomic mass is 16.5. The minimum atomic E-state index is 0.484. The highest BCUT2D eigenvalue weighted by Crippen LogP contribution is 2.16. The molecular formula is C17H16N4O. The van der Waals surface area contributed by atoms with E-state index in [9.17, 15) is 0 Å². The predicted octanol–water partition coefficient (Wildman–Crippen LogP) is 2.84. The quantitative estimate of drug-likeness (QED) is 0.741. The maximum absolute atomic E-state index is 8.94. The minimum Gasteiger partial charge on any atom is -0.493 e. The zero-order valence-corrected chi connectivity index (χ0v) is 12.6. The lowest BCUT2D eigenvalue weighted by Gasteiger charge is -2.08. The molecule has 0 radical (unpaired) electrons. The van der Waals surface area contributed by atoms with Gasteiger partial charge in [-0.15, -0.1) is 0 Å². The molecule has 5 nitrogen and oxygen atoms in total. The number of ether oxygens (including phenoxy) is 1. The number of rotatable bonds is 4.